The summed E-state index contributed by atoms with van der Waals surface area (Å²) in [6.45, 7) is 4.62. The van der Waals surface area contributed by atoms with Crippen LogP contribution in [0.4, 0.5) is 4.79 Å². The summed E-state index contributed by atoms with van der Waals surface area (Å²) >= 11 is 0. The summed E-state index contributed by atoms with van der Waals surface area (Å²) in [7, 11) is 0. The van der Waals surface area contributed by atoms with Gasteiger partial charge in [0.05, 0.1) is 0 Å². The fourth-order valence-electron chi connectivity index (χ4n) is 1.67. The molecule has 1 aliphatic rings. The smallest absolute Gasteiger partial charge is 0.335 e. The number of amides is 3. The van der Waals surface area contributed by atoms with Gasteiger partial charge >= 0.3 is 12.0 Å². The summed E-state index contributed by atoms with van der Waals surface area (Å²) < 4.78 is 9.89. The highest BCUT2D eigenvalue weighted by atomic mass is 16.6. The third-order valence-electron chi connectivity index (χ3n) is 2.80. The fraction of sp³-hybridized carbons (Fsp3) is 0.769. The standard InChI is InChI=1S/C13H22N2O5/c1-9(2)5-6-14-13(18)15-11(16)8-20-12(17)10-4-3-7-19-10/h9-10H,3-8H2,1-2H3,(H2,14,15,16,18)/t10-/m1/s1. The molecule has 0 bridgehead atoms. The monoisotopic (exact) mass is 286 g/mol. The summed E-state index contributed by atoms with van der Waals surface area (Å²) in [5, 5.41) is 4.64. The second-order valence-corrected chi connectivity index (χ2v) is 5.10. The van der Waals surface area contributed by atoms with E-state index in [0.29, 0.717) is 25.5 Å². The topological polar surface area (TPSA) is 93.7 Å². The van der Waals surface area contributed by atoms with Gasteiger partial charge in [-0.05, 0) is 25.2 Å². The molecule has 0 aromatic heterocycles. The van der Waals surface area contributed by atoms with Crippen LogP contribution in [0.15, 0.2) is 0 Å². The molecule has 1 atom stereocenters. The molecule has 0 aromatic rings. The first-order chi connectivity index (χ1) is 9.49. The molecule has 0 radical (unpaired) electrons. The molecule has 0 unspecified atom stereocenters. The number of carbonyl (C=O) groups excluding carboxylic acids is 3. The Kier molecular flexibility index (Phi) is 7.00. The van der Waals surface area contributed by atoms with Gasteiger partial charge < -0.3 is 14.8 Å². The summed E-state index contributed by atoms with van der Waals surface area (Å²) in [5.74, 6) is -0.741. The second-order valence-electron chi connectivity index (χ2n) is 5.10. The summed E-state index contributed by atoms with van der Waals surface area (Å²) in [6, 6.07) is -0.580. The first-order valence-electron chi connectivity index (χ1n) is 6.85. The molecule has 1 aliphatic heterocycles. The van der Waals surface area contributed by atoms with Gasteiger partial charge in [0.1, 0.15) is 0 Å². The maximum Gasteiger partial charge on any atom is 0.335 e. The molecule has 3 amide bonds. The third kappa shape index (κ3) is 6.51. The number of hydrogen-bond donors (Lipinski definition) is 2. The van der Waals surface area contributed by atoms with Crippen molar-refractivity contribution in [3.05, 3.63) is 0 Å². The Labute approximate surface area is 118 Å². The zero-order chi connectivity index (χ0) is 15.0. The van der Waals surface area contributed by atoms with Gasteiger partial charge in [0.2, 0.25) is 0 Å². The normalized spacial score (nSPS) is 17.9. The predicted molar refractivity (Wildman–Crippen MR) is 70.9 cm³/mol. The highest BCUT2D eigenvalue weighted by Crippen LogP contribution is 2.12. The highest BCUT2D eigenvalue weighted by Gasteiger charge is 2.25. The van der Waals surface area contributed by atoms with Crippen molar-refractivity contribution in [3.63, 3.8) is 0 Å². The van der Waals surface area contributed by atoms with Gasteiger partial charge in [0.15, 0.2) is 12.7 Å². The van der Waals surface area contributed by atoms with E-state index in [1.54, 1.807) is 0 Å². The molecular weight excluding hydrogens is 264 g/mol. The minimum Gasteiger partial charge on any atom is -0.454 e. The molecule has 0 aromatic carbocycles. The number of urea groups is 1. The molecule has 114 valence electrons. The molecule has 1 rings (SSSR count). The number of nitrogens with one attached hydrogen (secondary N) is 2. The van der Waals surface area contributed by atoms with Crippen molar-refractivity contribution in [2.24, 2.45) is 5.92 Å². The van der Waals surface area contributed by atoms with Crippen molar-refractivity contribution in [3.8, 4) is 0 Å². The SMILES string of the molecule is CC(C)CCNC(=O)NC(=O)COC(=O)[C@H]1CCCO1. The third-order valence-corrected chi connectivity index (χ3v) is 2.80. The molecule has 0 saturated carbocycles. The van der Waals surface area contributed by atoms with E-state index in [-0.39, 0.29) is 0 Å². The van der Waals surface area contributed by atoms with Gasteiger partial charge in [0, 0.05) is 13.2 Å². The largest absolute Gasteiger partial charge is 0.454 e. The van der Waals surface area contributed by atoms with E-state index in [9.17, 15) is 14.4 Å². The minimum atomic E-state index is -0.654. The Balaban J connectivity index is 2.12. The lowest BCUT2D eigenvalue weighted by Crippen LogP contribution is -2.42. The van der Waals surface area contributed by atoms with Crippen molar-refractivity contribution < 1.29 is 23.9 Å². The lowest BCUT2D eigenvalue weighted by Gasteiger charge is -2.10. The van der Waals surface area contributed by atoms with Crippen molar-refractivity contribution in [1.29, 1.82) is 0 Å². The lowest BCUT2D eigenvalue weighted by atomic mass is 10.1. The minimum absolute atomic E-state index is 0.471. The molecule has 7 nitrogen and oxygen atoms in total. The average Bonchev–Trinajstić information content (AvgIpc) is 2.89. The Hall–Kier alpha value is -1.63. The summed E-state index contributed by atoms with van der Waals surface area (Å²) in [6.07, 6.45) is 1.67. The van der Waals surface area contributed by atoms with Crippen LogP contribution in [0.25, 0.3) is 0 Å². The Morgan fingerprint density at radius 1 is 1.35 bits per heavy atom. The highest BCUT2D eigenvalue weighted by molar-refractivity contribution is 5.95. The quantitative estimate of drug-likeness (QED) is 0.697. The van der Waals surface area contributed by atoms with Crippen LogP contribution in [0.5, 0.6) is 0 Å². The first-order valence-corrected chi connectivity index (χ1v) is 6.85. The molecule has 1 heterocycles. The molecule has 0 aliphatic carbocycles. The van der Waals surface area contributed by atoms with E-state index in [2.05, 4.69) is 10.6 Å². The van der Waals surface area contributed by atoms with Crippen LogP contribution >= 0.6 is 0 Å². The Morgan fingerprint density at radius 2 is 2.10 bits per heavy atom. The number of imide groups is 1. The molecular formula is C13H22N2O5. The van der Waals surface area contributed by atoms with Crippen LogP contribution in [0, 0.1) is 5.92 Å². The first kappa shape index (κ1) is 16.4. The predicted octanol–water partition coefficient (Wildman–Crippen LogP) is 0.581. The van der Waals surface area contributed by atoms with E-state index < -0.39 is 30.6 Å². The number of rotatable bonds is 6. The Morgan fingerprint density at radius 3 is 2.70 bits per heavy atom. The van der Waals surface area contributed by atoms with Crippen LogP contribution in [0.2, 0.25) is 0 Å². The van der Waals surface area contributed by atoms with Crippen LogP contribution in [0.1, 0.15) is 33.1 Å². The van der Waals surface area contributed by atoms with Crippen molar-refractivity contribution in [1.82, 2.24) is 10.6 Å². The van der Waals surface area contributed by atoms with E-state index >= 15 is 0 Å². The van der Waals surface area contributed by atoms with Crippen LogP contribution in [0.3, 0.4) is 0 Å². The van der Waals surface area contributed by atoms with Crippen LogP contribution in [-0.2, 0) is 19.1 Å². The van der Waals surface area contributed by atoms with Gasteiger partial charge in [-0.2, -0.15) is 0 Å². The molecule has 7 heteroatoms. The molecule has 0 spiro atoms. The zero-order valence-corrected chi connectivity index (χ0v) is 11.9. The number of esters is 1. The number of hydrogen-bond acceptors (Lipinski definition) is 5. The lowest BCUT2D eigenvalue weighted by molar-refractivity contribution is -0.157. The van der Waals surface area contributed by atoms with Crippen LogP contribution in [-0.4, -0.2) is 43.8 Å². The fourth-order valence-corrected chi connectivity index (χ4v) is 1.67. The van der Waals surface area contributed by atoms with Crippen molar-refractivity contribution in [2.75, 3.05) is 19.8 Å². The van der Waals surface area contributed by atoms with Crippen molar-refractivity contribution in [2.45, 2.75) is 39.2 Å². The van der Waals surface area contributed by atoms with Gasteiger partial charge in [-0.3, -0.25) is 10.1 Å². The molecule has 1 fully saturated rings. The van der Waals surface area contributed by atoms with E-state index in [0.717, 1.165) is 12.8 Å². The van der Waals surface area contributed by atoms with Crippen molar-refractivity contribution >= 4 is 17.9 Å². The summed E-state index contributed by atoms with van der Waals surface area (Å²) in [4.78, 5) is 34.2. The van der Waals surface area contributed by atoms with Gasteiger partial charge in [-0.25, -0.2) is 9.59 Å². The van der Waals surface area contributed by atoms with E-state index in [4.69, 9.17) is 9.47 Å². The molecule has 20 heavy (non-hydrogen) atoms. The van der Waals surface area contributed by atoms with Crippen LogP contribution < -0.4 is 10.6 Å². The van der Waals surface area contributed by atoms with Gasteiger partial charge in [-0.1, -0.05) is 13.8 Å². The molecule has 1 saturated heterocycles. The molecule has 2 N–H and O–H groups in total. The Bertz CT molecular complexity index is 351. The van der Waals surface area contributed by atoms with Gasteiger partial charge in [0.25, 0.3) is 5.91 Å². The van der Waals surface area contributed by atoms with E-state index in [1.807, 2.05) is 13.8 Å². The summed E-state index contributed by atoms with van der Waals surface area (Å²) in [5.41, 5.74) is 0. The number of carbonyl (C=O) groups is 3. The van der Waals surface area contributed by atoms with Gasteiger partial charge in [-0.15, -0.1) is 0 Å². The van der Waals surface area contributed by atoms with E-state index in [1.165, 1.54) is 0 Å². The second kappa shape index (κ2) is 8.52. The maximum absolute atomic E-state index is 11.5. The average molecular weight is 286 g/mol. The number of ether oxygens (including phenoxy) is 2. The zero-order valence-electron chi connectivity index (χ0n) is 11.9. The maximum atomic E-state index is 11.5.